The Bertz CT molecular complexity index is 597. The molecular weight excluding hydrogens is 282 g/mol. The number of benzene rings is 1. The Morgan fingerprint density at radius 3 is 2.60 bits per heavy atom. The quantitative estimate of drug-likeness (QED) is 0.899. The molecule has 2 atom stereocenters. The van der Waals surface area contributed by atoms with Gasteiger partial charge in [0.15, 0.2) is 0 Å². The molecule has 0 spiro atoms. The largest absolute Gasteiger partial charge is 0.386 e. The van der Waals surface area contributed by atoms with Crippen molar-refractivity contribution in [2.45, 2.75) is 26.0 Å². The van der Waals surface area contributed by atoms with E-state index in [-0.39, 0.29) is 5.82 Å². The number of aryl methyl sites for hydroxylation is 1. The lowest BCUT2D eigenvalue weighted by Crippen LogP contribution is -2.37. The van der Waals surface area contributed by atoms with Gasteiger partial charge in [0.1, 0.15) is 0 Å². The van der Waals surface area contributed by atoms with Crippen LogP contribution in [0, 0.1) is 6.92 Å². The highest BCUT2D eigenvalue weighted by atomic mass is 35.5. The second kappa shape index (κ2) is 6.02. The summed E-state index contributed by atoms with van der Waals surface area (Å²) in [5, 5.41) is 16.9. The van der Waals surface area contributed by atoms with E-state index >= 15 is 0 Å². The number of aliphatic hydroxyl groups is 1. The standard InChI is InChI=1S/C13H14ClN3O3/c1-7(11(18)9-3-5-10(14)6-4-9)15-13(19)12-16-8(2)20-17-12/h3-7,11,18H,1-2H3,(H,15,19). The molecule has 1 aromatic heterocycles. The number of amides is 1. The second-order valence-electron chi connectivity index (χ2n) is 4.40. The van der Waals surface area contributed by atoms with Crippen LogP contribution in [0.2, 0.25) is 5.02 Å². The topological polar surface area (TPSA) is 88.2 Å². The van der Waals surface area contributed by atoms with Crippen LogP contribution < -0.4 is 5.32 Å². The molecule has 0 aliphatic carbocycles. The maximum atomic E-state index is 11.8. The highest BCUT2D eigenvalue weighted by molar-refractivity contribution is 6.30. The maximum absolute atomic E-state index is 11.8. The van der Waals surface area contributed by atoms with Crippen molar-refractivity contribution in [3.05, 3.63) is 46.6 Å². The number of aliphatic hydroxyl groups excluding tert-OH is 1. The zero-order valence-electron chi connectivity index (χ0n) is 11.0. The molecule has 0 bridgehead atoms. The van der Waals surface area contributed by atoms with Gasteiger partial charge in [-0.1, -0.05) is 28.9 Å². The number of hydrogen-bond donors (Lipinski definition) is 2. The van der Waals surface area contributed by atoms with Crippen LogP contribution in [0.3, 0.4) is 0 Å². The number of aromatic nitrogens is 2. The molecule has 106 valence electrons. The van der Waals surface area contributed by atoms with Crippen LogP contribution in [0.15, 0.2) is 28.8 Å². The molecule has 0 saturated heterocycles. The summed E-state index contributed by atoms with van der Waals surface area (Å²) in [6.07, 6.45) is -0.857. The van der Waals surface area contributed by atoms with Gasteiger partial charge < -0.3 is 14.9 Å². The summed E-state index contributed by atoms with van der Waals surface area (Å²) in [4.78, 5) is 15.6. The van der Waals surface area contributed by atoms with Gasteiger partial charge in [0.25, 0.3) is 11.7 Å². The Balaban J connectivity index is 2.02. The molecule has 0 aliphatic rings. The third-order valence-corrected chi connectivity index (χ3v) is 3.03. The molecule has 2 unspecified atom stereocenters. The number of nitrogens with one attached hydrogen (secondary N) is 1. The number of rotatable bonds is 4. The first-order valence-electron chi connectivity index (χ1n) is 6.02. The molecule has 20 heavy (non-hydrogen) atoms. The summed E-state index contributed by atoms with van der Waals surface area (Å²) < 4.78 is 4.73. The molecular formula is C13H14ClN3O3. The van der Waals surface area contributed by atoms with Crippen LogP contribution in [0.5, 0.6) is 0 Å². The SMILES string of the molecule is Cc1nc(C(=O)NC(C)C(O)c2ccc(Cl)cc2)no1. The second-order valence-corrected chi connectivity index (χ2v) is 4.83. The van der Waals surface area contributed by atoms with Gasteiger partial charge in [-0.3, -0.25) is 4.79 Å². The molecule has 1 heterocycles. The highest BCUT2D eigenvalue weighted by Gasteiger charge is 2.21. The van der Waals surface area contributed by atoms with Gasteiger partial charge >= 0.3 is 0 Å². The van der Waals surface area contributed by atoms with Crippen molar-refractivity contribution in [2.24, 2.45) is 0 Å². The molecule has 0 aliphatic heterocycles. The molecule has 2 rings (SSSR count). The molecule has 0 fully saturated rings. The minimum absolute atomic E-state index is 0.0577. The Labute approximate surface area is 120 Å². The van der Waals surface area contributed by atoms with Crippen molar-refractivity contribution >= 4 is 17.5 Å². The van der Waals surface area contributed by atoms with Gasteiger partial charge in [-0.15, -0.1) is 0 Å². The summed E-state index contributed by atoms with van der Waals surface area (Å²) in [6.45, 7) is 3.28. The van der Waals surface area contributed by atoms with E-state index in [0.29, 0.717) is 16.5 Å². The number of carbonyl (C=O) groups is 1. The first-order valence-corrected chi connectivity index (χ1v) is 6.40. The summed E-state index contributed by atoms with van der Waals surface area (Å²) in [6, 6.07) is 6.25. The Kier molecular flexibility index (Phi) is 4.36. The predicted molar refractivity (Wildman–Crippen MR) is 72.4 cm³/mol. The Morgan fingerprint density at radius 1 is 1.40 bits per heavy atom. The molecule has 0 radical (unpaired) electrons. The summed E-state index contributed by atoms with van der Waals surface area (Å²) in [5.41, 5.74) is 0.659. The van der Waals surface area contributed by atoms with E-state index in [9.17, 15) is 9.90 Å². The van der Waals surface area contributed by atoms with Gasteiger partial charge in [-0.25, -0.2) is 0 Å². The number of carbonyl (C=O) groups excluding carboxylic acids is 1. The van der Waals surface area contributed by atoms with Crippen molar-refractivity contribution < 1.29 is 14.4 Å². The molecule has 1 amide bonds. The van der Waals surface area contributed by atoms with Crippen molar-refractivity contribution in [3.8, 4) is 0 Å². The lowest BCUT2D eigenvalue weighted by molar-refractivity contribution is 0.0839. The van der Waals surface area contributed by atoms with Gasteiger partial charge in [-0.05, 0) is 24.6 Å². The minimum Gasteiger partial charge on any atom is -0.386 e. The fourth-order valence-electron chi connectivity index (χ4n) is 1.69. The normalized spacial score (nSPS) is 13.8. The number of hydrogen-bond acceptors (Lipinski definition) is 5. The maximum Gasteiger partial charge on any atom is 0.293 e. The minimum atomic E-state index is -0.857. The zero-order valence-corrected chi connectivity index (χ0v) is 11.8. The van der Waals surface area contributed by atoms with E-state index in [4.69, 9.17) is 16.1 Å². The third kappa shape index (κ3) is 3.34. The van der Waals surface area contributed by atoms with E-state index in [2.05, 4.69) is 15.5 Å². The van der Waals surface area contributed by atoms with Crippen molar-refractivity contribution in [1.29, 1.82) is 0 Å². The molecule has 7 heteroatoms. The van der Waals surface area contributed by atoms with Crippen LogP contribution in [0.1, 0.15) is 35.1 Å². The third-order valence-electron chi connectivity index (χ3n) is 2.77. The van der Waals surface area contributed by atoms with Crippen LogP contribution in [-0.4, -0.2) is 27.2 Å². The fraction of sp³-hybridized carbons (Fsp3) is 0.308. The summed E-state index contributed by atoms with van der Waals surface area (Å²) in [5.74, 6) is -0.249. The van der Waals surface area contributed by atoms with Crippen LogP contribution in [-0.2, 0) is 0 Å². The Morgan fingerprint density at radius 2 is 2.05 bits per heavy atom. The summed E-state index contributed by atoms with van der Waals surface area (Å²) in [7, 11) is 0. The molecule has 6 nitrogen and oxygen atoms in total. The van der Waals surface area contributed by atoms with E-state index < -0.39 is 18.1 Å². The monoisotopic (exact) mass is 295 g/mol. The van der Waals surface area contributed by atoms with Crippen LogP contribution in [0.4, 0.5) is 0 Å². The zero-order chi connectivity index (χ0) is 14.7. The molecule has 2 aromatic rings. The van der Waals surface area contributed by atoms with Crippen molar-refractivity contribution in [2.75, 3.05) is 0 Å². The first-order chi connectivity index (χ1) is 9.47. The lowest BCUT2D eigenvalue weighted by atomic mass is 10.0. The van der Waals surface area contributed by atoms with E-state index in [1.54, 1.807) is 38.1 Å². The van der Waals surface area contributed by atoms with Crippen LogP contribution in [0.25, 0.3) is 0 Å². The number of nitrogens with zero attached hydrogens (tertiary/aromatic N) is 2. The Hall–Kier alpha value is -1.92. The van der Waals surface area contributed by atoms with E-state index in [0.717, 1.165) is 0 Å². The van der Waals surface area contributed by atoms with Crippen molar-refractivity contribution in [3.63, 3.8) is 0 Å². The first kappa shape index (κ1) is 14.5. The molecule has 0 saturated carbocycles. The smallest absolute Gasteiger partial charge is 0.293 e. The lowest BCUT2D eigenvalue weighted by Gasteiger charge is -2.19. The molecule has 2 N–H and O–H groups in total. The van der Waals surface area contributed by atoms with Crippen molar-refractivity contribution in [1.82, 2.24) is 15.5 Å². The average Bonchev–Trinajstić information content (AvgIpc) is 2.85. The van der Waals surface area contributed by atoms with Crippen LogP contribution >= 0.6 is 11.6 Å². The van der Waals surface area contributed by atoms with Gasteiger partial charge in [0, 0.05) is 11.9 Å². The summed E-state index contributed by atoms with van der Waals surface area (Å²) >= 11 is 5.78. The number of halogens is 1. The average molecular weight is 296 g/mol. The predicted octanol–water partition coefficient (Wildman–Crippen LogP) is 1.88. The fourth-order valence-corrected chi connectivity index (χ4v) is 1.82. The van der Waals surface area contributed by atoms with Gasteiger partial charge in [0.2, 0.25) is 5.89 Å². The van der Waals surface area contributed by atoms with Gasteiger partial charge in [-0.2, -0.15) is 4.98 Å². The molecule has 1 aromatic carbocycles. The van der Waals surface area contributed by atoms with E-state index in [1.807, 2.05) is 0 Å². The van der Waals surface area contributed by atoms with Gasteiger partial charge in [0.05, 0.1) is 12.1 Å². The highest BCUT2D eigenvalue weighted by Crippen LogP contribution is 2.19. The van der Waals surface area contributed by atoms with E-state index in [1.165, 1.54) is 0 Å².